The van der Waals surface area contributed by atoms with E-state index in [9.17, 15) is 9.59 Å². The van der Waals surface area contributed by atoms with Gasteiger partial charge in [-0.1, -0.05) is 0 Å². The second kappa shape index (κ2) is 8.02. The van der Waals surface area contributed by atoms with Crippen LogP contribution in [0.5, 0.6) is 5.75 Å². The predicted molar refractivity (Wildman–Crippen MR) is 119 cm³/mol. The van der Waals surface area contributed by atoms with Gasteiger partial charge in [-0.05, 0) is 70.4 Å². The van der Waals surface area contributed by atoms with Gasteiger partial charge in [0.15, 0.2) is 11.8 Å². The molecular weight excluding hydrogens is 394 g/mol. The van der Waals surface area contributed by atoms with Crippen molar-refractivity contribution in [1.82, 2.24) is 14.8 Å². The minimum atomic E-state index is -0.530. The lowest BCUT2D eigenvalue weighted by Gasteiger charge is -2.23. The molecule has 2 N–H and O–H groups in total. The first kappa shape index (κ1) is 20.8. The average Bonchev–Trinajstić information content (AvgIpc) is 3.13. The lowest BCUT2D eigenvalue weighted by molar-refractivity contribution is -0.122. The number of carbonyl (C=O) groups excluding carboxylic acids is 2. The van der Waals surface area contributed by atoms with E-state index in [1.165, 1.54) is 0 Å². The molecule has 3 heterocycles. The third-order valence-electron chi connectivity index (χ3n) is 5.62. The topological polar surface area (TPSA) is 98.1 Å². The molecule has 3 aromatic rings. The zero-order valence-electron chi connectivity index (χ0n) is 18.4. The minimum Gasteiger partial charge on any atom is -0.479 e. The standard InChI is InChI=1S/C23H27N5O3/c1-12(2)28-22-18(11-24-28)13(3)17(14(4)25-22)7-9-21(29)26-16-6-8-20-19(10-16)27-23(30)15(5)31-20/h6,8,10-12,15H,7,9H2,1-5H3,(H,26,29)(H,27,30)/t15-/m0/s1. The molecule has 1 aliphatic heterocycles. The highest BCUT2D eigenvalue weighted by Gasteiger charge is 2.23. The Morgan fingerprint density at radius 3 is 2.84 bits per heavy atom. The summed E-state index contributed by atoms with van der Waals surface area (Å²) in [4.78, 5) is 29.1. The number of carbonyl (C=O) groups is 2. The number of ether oxygens (including phenoxy) is 1. The number of nitrogens with one attached hydrogen (secondary N) is 2. The van der Waals surface area contributed by atoms with Gasteiger partial charge in [-0.3, -0.25) is 9.59 Å². The summed E-state index contributed by atoms with van der Waals surface area (Å²) in [5, 5.41) is 11.2. The second-order valence-electron chi connectivity index (χ2n) is 8.23. The van der Waals surface area contributed by atoms with Crippen molar-refractivity contribution in [3.8, 4) is 5.75 Å². The lowest BCUT2D eigenvalue weighted by Crippen LogP contribution is -2.34. The number of benzene rings is 1. The summed E-state index contributed by atoms with van der Waals surface area (Å²) >= 11 is 0. The predicted octanol–water partition coefficient (Wildman–Crippen LogP) is 3.92. The molecule has 0 unspecified atom stereocenters. The maximum atomic E-state index is 12.6. The highest BCUT2D eigenvalue weighted by atomic mass is 16.5. The zero-order valence-corrected chi connectivity index (χ0v) is 18.4. The molecule has 0 saturated heterocycles. The first-order chi connectivity index (χ1) is 14.7. The van der Waals surface area contributed by atoms with Gasteiger partial charge in [-0.2, -0.15) is 5.10 Å². The van der Waals surface area contributed by atoms with Crippen LogP contribution < -0.4 is 15.4 Å². The Morgan fingerprint density at radius 2 is 2.10 bits per heavy atom. The fourth-order valence-corrected chi connectivity index (χ4v) is 3.89. The molecule has 31 heavy (non-hydrogen) atoms. The monoisotopic (exact) mass is 421 g/mol. The molecule has 2 amide bonds. The number of anilines is 2. The summed E-state index contributed by atoms with van der Waals surface area (Å²) in [5.74, 6) is 0.288. The number of amides is 2. The van der Waals surface area contributed by atoms with Crippen molar-refractivity contribution in [2.45, 2.75) is 59.6 Å². The fourth-order valence-electron chi connectivity index (χ4n) is 3.89. The largest absolute Gasteiger partial charge is 0.479 e. The van der Waals surface area contributed by atoms with E-state index in [1.54, 1.807) is 25.1 Å². The normalized spacial score (nSPS) is 15.5. The van der Waals surface area contributed by atoms with Crippen LogP contribution in [0.1, 0.15) is 50.1 Å². The Balaban J connectivity index is 1.46. The molecule has 4 rings (SSSR count). The van der Waals surface area contributed by atoms with E-state index in [0.717, 1.165) is 27.9 Å². The van der Waals surface area contributed by atoms with Crippen molar-refractivity contribution in [2.24, 2.45) is 0 Å². The summed E-state index contributed by atoms with van der Waals surface area (Å²) in [6.45, 7) is 9.89. The Morgan fingerprint density at radius 1 is 1.32 bits per heavy atom. The van der Waals surface area contributed by atoms with Crippen LogP contribution in [0.4, 0.5) is 11.4 Å². The minimum absolute atomic E-state index is 0.104. The van der Waals surface area contributed by atoms with Crippen molar-refractivity contribution >= 4 is 34.2 Å². The van der Waals surface area contributed by atoms with Gasteiger partial charge >= 0.3 is 0 Å². The van der Waals surface area contributed by atoms with Crippen LogP contribution in [0.3, 0.4) is 0 Å². The third kappa shape index (κ3) is 3.97. The molecular formula is C23H27N5O3. The van der Waals surface area contributed by atoms with Crippen molar-refractivity contribution in [3.05, 3.63) is 41.2 Å². The van der Waals surface area contributed by atoms with Crippen molar-refractivity contribution in [3.63, 3.8) is 0 Å². The molecule has 0 radical (unpaired) electrons. The van der Waals surface area contributed by atoms with Crippen LogP contribution in [0.2, 0.25) is 0 Å². The molecule has 0 aliphatic carbocycles. The number of hydrogen-bond donors (Lipinski definition) is 2. The molecule has 162 valence electrons. The third-order valence-corrected chi connectivity index (χ3v) is 5.62. The molecule has 0 saturated carbocycles. The fraction of sp³-hybridized carbons (Fsp3) is 0.391. The number of pyridine rings is 1. The van der Waals surface area contributed by atoms with Crippen LogP contribution in [-0.4, -0.2) is 32.7 Å². The van der Waals surface area contributed by atoms with Crippen LogP contribution in [-0.2, 0) is 16.0 Å². The van der Waals surface area contributed by atoms with Crippen LogP contribution in [0.15, 0.2) is 24.4 Å². The Kier molecular flexibility index (Phi) is 5.39. The molecule has 1 atom stereocenters. The van der Waals surface area contributed by atoms with Crippen LogP contribution >= 0.6 is 0 Å². The van der Waals surface area contributed by atoms with Crippen LogP contribution in [0, 0.1) is 13.8 Å². The van der Waals surface area contributed by atoms with Crippen LogP contribution in [0.25, 0.3) is 11.0 Å². The van der Waals surface area contributed by atoms with Gasteiger partial charge in [0.2, 0.25) is 5.91 Å². The average molecular weight is 422 g/mol. The smallest absolute Gasteiger partial charge is 0.265 e. The highest BCUT2D eigenvalue weighted by molar-refractivity contribution is 5.99. The van der Waals surface area contributed by atoms with Gasteiger partial charge in [0.25, 0.3) is 5.91 Å². The second-order valence-corrected chi connectivity index (χ2v) is 8.23. The first-order valence-electron chi connectivity index (χ1n) is 10.5. The maximum Gasteiger partial charge on any atom is 0.265 e. The summed E-state index contributed by atoms with van der Waals surface area (Å²) in [6.07, 6.45) is 2.23. The molecule has 0 fully saturated rings. The van der Waals surface area contributed by atoms with E-state index in [1.807, 2.05) is 17.8 Å². The van der Waals surface area contributed by atoms with Gasteiger partial charge in [-0.15, -0.1) is 0 Å². The van der Waals surface area contributed by atoms with E-state index < -0.39 is 6.10 Å². The summed E-state index contributed by atoms with van der Waals surface area (Å²) in [6, 6.07) is 5.46. The van der Waals surface area contributed by atoms with Crippen molar-refractivity contribution in [2.75, 3.05) is 10.6 Å². The number of aryl methyl sites for hydroxylation is 2. The molecule has 2 aromatic heterocycles. The number of aromatic nitrogens is 3. The van der Waals surface area contributed by atoms with E-state index >= 15 is 0 Å². The maximum absolute atomic E-state index is 12.6. The lowest BCUT2D eigenvalue weighted by atomic mass is 10.0. The molecule has 0 spiro atoms. The molecule has 8 heteroatoms. The number of rotatable bonds is 5. The first-order valence-corrected chi connectivity index (χ1v) is 10.5. The Hall–Kier alpha value is -3.42. The van der Waals surface area contributed by atoms with Crippen molar-refractivity contribution < 1.29 is 14.3 Å². The van der Waals surface area contributed by atoms with Gasteiger partial charge in [0.05, 0.1) is 11.9 Å². The zero-order chi connectivity index (χ0) is 22.3. The van der Waals surface area contributed by atoms with Gasteiger partial charge in [0.1, 0.15) is 5.75 Å². The molecule has 8 nitrogen and oxygen atoms in total. The number of hydrogen-bond acceptors (Lipinski definition) is 5. The van der Waals surface area contributed by atoms with E-state index in [0.29, 0.717) is 30.0 Å². The van der Waals surface area contributed by atoms with Gasteiger partial charge < -0.3 is 15.4 Å². The summed E-state index contributed by atoms with van der Waals surface area (Å²) in [7, 11) is 0. The quantitative estimate of drug-likeness (QED) is 0.651. The van der Waals surface area contributed by atoms with Crippen molar-refractivity contribution in [1.29, 1.82) is 0 Å². The van der Waals surface area contributed by atoms with Gasteiger partial charge in [-0.25, -0.2) is 9.67 Å². The Bertz CT molecular complexity index is 1180. The molecule has 1 aromatic carbocycles. The van der Waals surface area contributed by atoms with E-state index in [2.05, 4.69) is 36.5 Å². The number of nitrogens with zero attached hydrogens (tertiary/aromatic N) is 3. The van der Waals surface area contributed by atoms with E-state index in [4.69, 9.17) is 9.72 Å². The SMILES string of the molecule is Cc1nc2c(cnn2C(C)C)c(C)c1CCC(=O)Nc1ccc2c(c1)NC(=O)[C@H](C)O2. The Labute approximate surface area is 181 Å². The molecule has 0 bridgehead atoms. The van der Waals surface area contributed by atoms with E-state index in [-0.39, 0.29) is 17.9 Å². The number of fused-ring (bicyclic) bond motifs is 2. The molecule has 1 aliphatic rings. The highest BCUT2D eigenvalue weighted by Crippen LogP contribution is 2.32. The van der Waals surface area contributed by atoms with Gasteiger partial charge in [0, 0.05) is 29.2 Å². The summed E-state index contributed by atoms with van der Waals surface area (Å²) < 4.78 is 7.47. The summed E-state index contributed by atoms with van der Waals surface area (Å²) in [5.41, 5.74) is 5.16.